The molecule has 1 atom stereocenters. The molecule has 0 amide bonds. The fourth-order valence-electron chi connectivity index (χ4n) is 3.25. The molecule has 124 valence electrons. The van der Waals surface area contributed by atoms with Gasteiger partial charge in [-0.1, -0.05) is 12.1 Å². The molecule has 0 saturated heterocycles. The minimum atomic E-state index is 0.311. The average Bonchev–Trinajstić information content (AvgIpc) is 3.25. The molecule has 2 heterocycles. The molecule has 3 aromatic rings. The van der Waals surface area contributed by atoms with Crippen molar-refractivity contribution in [1.82, 2.24) is 20.0 Å². The van der Waals surface area contributed by atoms with E-state index in [-0.39, 0.29) is 0 Å². The number of hydrogen-bond acceptors (Lipinski definition) is 4. The normalized spacial score (nSPS) is 16.6. The van der Waals surface area contributed by atoms with Gasteiger partial charge in [0.2, 0.25) is 0 Å². The van der Waals surface area contributed by atoms with E-state index in [1.54, 1.807) is 7.11 Å². The smallest absolute Gasteiger partial charge is 0.118 e. The lowest BCUT2D eigenvalue weighted by atomic mass is 9.93. The van der Waals surface area contributed by atoms with E-state index in [9.17, 15) is 0 Å². The Hall–Kier alpha value is -2.76. The number of rotatable bonds is 5. The molecule has 1 aliphatic rings. The molecule has 1 unspecified atom stereocenters. The number of nitrogens with zero attached hydrogens (tertiary/aromatic N) is 3. The Balaban J connectivity index is 1.43. The van der Waals surface area contributed by atoms with Gasteiger partial charge in [-0.2, -0.15) is 10.2 Å². The maximum absolute atomic E-state index is 5.19. The number of aromatic amines is 1. The van der Waals surface area contributed by atoms with Gasteiger partial charge in [0.1, 0.15) is 5.75 Å². The van der Waals surface area contributed by atoms with E-state index in [2.05, 4.69) is 38.9 Å². The van der Waals surface area contributed by atoms with Crippen LogP contribution < -0.4 is 10.1 Å². The molecule has 0 radical (unpaired) electrons. The molecule has 2 aromatic heterocycles. The fourth-order valence-corrected chi connectivity index (χ4v) is 3.25. The highest BCUT2D eigenvalue weighted by molar-refractivity contribution is 5.43. The van der Waals surface area contributed by atoms with Crippen LogP contribution in [0.4, 0.5) is 5.69 Å². The van der Waals surface area contributed by atoms with Crippen molar-refractivity contribution < 1.29 is 4.74 Å². The van der Waals surface area contributed by atoms with E-state index < -0.39 is 0 Å². The van der Waals surface area contributed by atoms with Gasteiger partial charge in [0.25, 0.3) is 0 Å². The number of anilines is 1. The molecule has 0 aliphatic heterocycles. The largest absolute Gasteiger partial charge is 0.497 e. The number of H-pyrrole nitrogens is 1. The second kappa shape index (κ2) is 6.39. The van der Waals surface area contributed by atoms with E-state index in [1.165, 1.54) is 23.2 Å². The summed E-state index contributed by atoms with van der Waals surface area (Å²) in [7, 11) is 1.68. The van der Waals surface area contributed by atoms with E-state index in [4.69, 9.17) is 4.74 Å². The van der Waals surface area contributed by atoms with Gasteiger partial charge < -0.3 is 10.1 Å². The van der Waals surface area contributed by atoms with Crippen LogP contribution in [0.3, 0.4) is 0 Å². The Morgan fingerprint density at radius 3 is 3.00 bits per heavy atom. The minimum absolute atomic E-state index is 0.311. The van der Waals surface area contributed by atoms with Gasteiger partial charge in [0.15, 0.2) is 0 Å². The van der Waals surface area contributed by atoms with Gasteiger partial charge in [0, 0.05) is 17.5 Å². The van der Waals surface area contributed by atoms with Crippen LogP contribution in [0.25, 0.3) is 0 Å². The average molecular weight is 323 g/mol. The minimum Gasteiger partial charge on any atom is -0.497 e. The zero-order chi connectivity index (χ0) is 16.4. The summed E-state index contributed by atoms with van der Waals surface area (Å²) >= 11 is 0. The lowest BCUT2D eigenvalue weighted by molar-refractivity contribution is 0.414. The van der Waals surface area contributed by atoms with Crippen LogP contribution >= 0.6 is 0 Å². The van der Waals surface area contributed by atoms with Crippen molar-refractivity contribution in [3.05, 3.63) is 59.7 Å². The third-order valence-electron chi connectivity index (χ3n) is 4.52. The van der Waals surface area contributed by atoms with Crippen molar-refractivity contribution in [1.29, 1.82) is 0 Å². The first-order chi connectivity index (χ1) is 11.8. The summed E-state index contributed by atoms with van der Waals surface area (Å²) in [5.74, 6) is 0.870. The van der Waals surface area contributed by atoms with Crippen LogP contribution in [0.1, 0.15) is 35.7 Å². The Morgan fingerprint density at radius 2 is 2.17 bits per heavy atom. The number of benzene rings is 1. The van der Waals surface area contributed by atoms with Gasteiger partial charge in [-0.3, -0.25) is 9.78 Å². The molecule has 0 spiro atoms. The Bertz CT molecular complexity index is 805. The number of fused-ring (bicyclic) bond motifs is 1. The van der Waals surface area contributed by atoms with Gasteiger partial charge in [-0.15, -0.1) is 0 Å². The summed E-state index contributed by atoms with van der Waals surface area (Å²) in [6.07, 6.45) is 9.26. The second-order valence-electron chi connectivity index (χ2n) is 6.17. The van der Waals surface area contributed by atoms with Gasteiger partial charge in [-0.25, -0.2) is 0 Å². The number of methoxy groups -OCH3 is 1. The summed E-state index contributed by atoms with van der Waals surface area (Å²) in [6, 6.07) is 8.38. The van der Waals surface area contributed by atoms with E-state index in [0.717, 1.165) is 30.8 Å². The number of nitrogens with one attached hydrogen (secondary N) is 2. The standard InChI is InChI=1S/C18H21N5O/c1-24-15-7-5-13(6-8-15)11-23-12-14(9-20-23)21-17-3-2-4-18-16(17)10-19-22-18/h5-10,12,17,21H,2-4,11H2,1H3,(H,19,22). The summed E-state index contributed by atoms with van der Waals surface area (Å²) < 4.78 is 7.14. The maximum atomic E-state index is 5.19. The lowest BCUT2D eigenvalue weighted by Gasteiger charge is -2.23. The third kappa shape index (κ3) is 2.99. The highest BCUT2D eigenvalue weighted by atomic mass is 16.5. The van der Waals surface area contributed by atoms with Crippen molar-refractivity contribution >= 4 is 5.69 Å². The maximum Gasteiger partial charge on any atom is 0.118 e. The molecule has 2 N–H and O–H groups in total. The summed E-state index contributed by atoms with van der Waals surface area (Å²) in [4.78, 5) is 0. The molecular formula is C18H21N5O. The first-order valence-electron chi connectivity index (χ1n) is 8.26. The van der Waals surface area contributed by atoms with Gasteiger partial charge in [0.05, 0.1) is 37.8 Å². The Morgan fingerprint density at radius 1 is 1.29 bits per heavy atom. The summed E-state index contributed by atoms with van der Waals surface area (Å²) in [5.41, 5.74) is 4.77. The predicted molar refractivity (Wildman–Crippen MR) is 92.2 cm³/mol. The fraction of sp³-hybridized carbons (Fsp3) is 0.333. The summed E-state index contributed by atoms with van der Waals surface area (Å²) in [5, 5.41) is 15.3. The molecular weight excluding hydrogens is 302 g/mol. The Labute approximate surface area is 140 Å². The van der Waals surface area contributed by atoms with E-state index in [0.29, 0.717) is 6.04 Å². The topological polar surface area (TPSA) is 67.8 Å². The Kier molecular flexibility index (Phi) is 3.94. The highest BCUT2D eigenvalue weighted by Crippen LogP contribution is 2.31. The van der Waals surface area contributed by atoms with Crippen LogP contribution in [0.5, 0.6) is 5.75 Å². The molecule has 6 nitrogen and oxygen atoms in total. The van der Waals surface area contributed by atoms with Crippen molar-refractivity contribution in [2.45, 2.75) is 31.8 Å². The number of ether oxygens (including phenoxy) is 1. The predicted octanol–water partition coefficient (Wildman–Crippen LogP) is 3.15. The van der Waals surface area contributed by atoms with Crippen molar-refractivity contribution in [2.75, 3.05) is 12.4 Å². The summed E-state index contributed by atoms with van der Waals surface area (Å²) in [6.45, 7) is 0.743. The SMILES string of the molecule is COc1ccc(Cn2cc(NC3CCCc4[nH]ncc43)cn2)cc1. The number of hydrogen-bond donors (Lipinski definition) is 2. The molecule has 1 aliphatic carbocycles. The molecule has 6 heteroatoms. The van der Waals surface area contributed by atoms with Crippen molar-refractivity contribution in [3.63, 3.8) is 0 Å². The van der Waals surface area contributed by atoms with Gasteiger partial charge in [-0.05, 0) is 37.0 Å². The monoisotopic (exact) mass is 323 g/mol. The van der Waals surface area contributed by atoms with Crippen molar-refractivity contribution in [3.8, 4) is 5.75 Å². The molecule has 0 fully saturated rings. The zero-order valence-electron chi connectivity index (χ0n) is 13.7. The van der Waals surface area contributed by atoms with E-state index >= 15 is 0 Å². The molecule has 24 heavy (non-hydrogen) atoms. The third-order valence-corrected chi connectivity index (χ3v) is 4.52. The number of aryl methyl sites for hydroxylation is 1. The second-order valence-corrected chi connectivity index (χ2v) is 6.17. The van der Waals surface area contributed by atoms with Crippen molar-refractivity contribution in [2.24, 2.45) is 0 Å². The number of aromatic nitrogens is 4. The van der Waals surface area contributed by atoms with Crippen LogP contribution in [-0.2, 0) is 13.0 Å². The van der Waals surface area contributed by atoms with Crippen LogP contribution in [0, 0.1) is 0 Å². The zero-order valence-corrected chi connectivity index (χ0v) is 13.7. The molecule has 4 rings (SSSR count). The first-order valence-corrected chi connectivity index (χ1v) is 8.26. The molecule has 0 bridgehead atoms. The molecule has 1 aromatic carbocycles. The van der Waals surface area contributed by atoms with Crippen LogP contribution in [-0.4, -0.2) is 27.1 Å². The quantitative estimate of drug-likeness (QED) is 0.757. The van der Waals surface area contributed by atoms with Crippen LogP contribution in [0.2, 0.25) is 0 Å². The lowest BCUT2D eigenvalue weighted by Crippen LogP contribution is -2.16. The van der Waals surface area contributed by atoms with Crippen LogP contribution in [0.15, 0.2) is 42.9 Å². The van der Waals surface area contributed by atoms with Gasteiger partial charge >= 0.3 is 0 Å². The van der Waals surface area contributed by atoms with E-state index in [1.807, 2.05) is 29.2 Å². The molecule has 0 saturated carbocycles. The first kappa shape index (κ1) is 14.8. The highest BCUT2D eigenvalue weighted by Gasteiger charge is 2.21.